The van der Waals surface area contributed by atoms with Gasteiger partial charge in [0.25, 0.3) is 0 Å². The Morgan fingerprint density at radius 2 is 0.903 bits per heavy atom. The largest absolute Gasteiger partial charge is 0.472 e. The SMILES string of the molecule is CC/C=C\C/C=C\C/C=C\C/C=C\C/C=C\CCCC(=O)OC(/C=C/CCCCCCCCCCCC)C(COP(=O)(O)OCC[N+](C)(C)C)NC(=O)CCCCCCCCC/C=C\C/C=C\CCCCC. The molecular formula is C62H110N2O7P+. The number of nitrogens with zero attached hydrogens (tertiary/aromatic N) is 1. The zero-order valence-corrected chi connectivity index (χ0v) is 48.0. The zero-order valence-electron chi connectivity index (χ0n) is 47.1. The summed E-state index contributed by atoms with van der Waals surface area (Å²) in [5.41, 5.74) is 0. The molecule has 0 aliphatic carbocycles. The van der Waals surface area contributed by atoms with Crippen molar-refractivity contribution in [1.29, 1.82) is 0 Å². The summed E-state index contributed by atoms with van der Waals surface area (Å²) in [6.07, 6.45) is 68.3. The highest BCUT2D eigenvalue weighted by atomic mass is 31.2. The molecule has 3 atom stereocenters. The van der Waals surface area contributed by atoms with Gasteiger partial charge in [-0.3, -0.25) is 18.6 Å². The Bertz CT molecular complexity index is 1560. The molecule has 72 heavy (non-hydrogen) atoms. The molecule has 0 saturated carbocycles. The molecular weight excluding hydrogens is 916 g/mol. The number of ether oxygens (including phenoxy) is 1. The number of rotatable bonds is 51. The number of phosphoric acid groups is 1. The van der Waals surface area contributed by atoms with Crippen molar-refractivity contribution >= 4 is 19.7 Å². The van der Waals surface area contributed by atoms with E-state index < -0.39 is 20.0 Å². The Kier molecular flexibility index (Phi) is 49.2. The number of hydrogen-bond donors (Lipinski definition) is 2. The molecule has 1 amide bonds. The molecule has 0 heterocycles. The van der Waals surface area contributed by atoms with Crippen LogP contribution in [0.15, 0.2) is 97.2 Å². The van der Waals surface area contributed by atoms with Gasteiger partial charge in [-0.25, -0.2) is 4.57 Å². The monoisotopic (exact) mass is 1030 g/mol. The minimum atomic E-state index is -4.46. The third kappa shape index (κ3) is 51.8. The Balaban J connectivity index is 5.45. The smallest absolute Gasteiger partial charge is 0.456 e. The summed E-state index contributed by atoms with van der Waals surface area (Å²) in [6, 6.07) is -0.880. The summed E-state index contributed by atoms with van der Waals surface area (Å²) in [7, 11) is 1.45. The van der Waals surface area contributed by atoms with Crippen LogP contribution in [0.3, 0.4) is 0 Å². The second kappa shape index (κ2) is 51.4. The summed E-state index contributed by atoms with van der Waals surface area (Å²) < 4.78 is 30.6. The molecule has 0 radical (unpaired) electrons. The summed E-state index contributed by atoms with van der Waals surface area (Å²) in [4.78, 5) is 37.6. The number of likely N-dealkylation sites (N-methyl/N-ethyl adjacent to an activating group) is 1. The fourth-order valence-electron chi connectivity index (χ4n) is 7.77. The summed E-state index contributed by atoms with van der Waals surface area (Å²) in [5.74, 6) is -0.588. The Hall–Kier alpha value is -3.07. The van der Waals surface area contributed by atoms with Gasteiger partial charge in [0.05, 0.1) is 33.8 Å². The van der Waals surface area contributed by atoms with Crippen LogP contribution in [0, 0.1) is 0 Å². The first-order valence-electron chi connectivity index (χ1n) is 29.1. The van der Waals surface area contributed by atoms with E-state index in [-0.39, 0.29) is 31.5 Å². The van der Waals surface area contributed by atoms with Gasteiger partial charge in [0.1, 0.15) is 19.3 Å². The van der Waals surface area contributed by atoms with Gasteiger partial charge in [-0.2, -0.15) is 0 Å². The van der Waals surface area contributed by atoms with Gasteiger partial charge in [-0.15, -0.1) is 0 Å². The number of allylic oxidation sites excluding steroid dienone is 15. The summed E-state index contributed by atoms with van der Waals surface area (Å²) in [6.45, 7) is 6.81. The minimum absolute atomic E-state index is 0.0253. The Morgan fingerprint density at radius 3 is 1.39 bits per heavy atom. The maximum absolute atomic E-state index is 13.5. The molecule has 0 aliphatic rings. The van der Waals surface area contributed by atoms with Crippen molar-refractivity contribution in [3.63, 3.8) is 0 Å². The summed E-state index contributed by atoms with van der Waals surface area (Å²) >= 11 is 0. The van der Waals surface area contributed by atoms with Crippen LogP contribution < -0.4 is 5.32 Å². The van der Waals surface area contributed by atoms with Gasteiger partial charge in [0.15, 0.2) is 0 Å². The van der Waals surface area contributed by atoms with E-state index in [4.69, 9.17) is 13.8 Å². The van der Waals surface area contributed by atoms with E-state index in [1.54, 1.807) is 0 Å². The van der Waals surface area contributed by atoms with Crippen LogP contribution in [0.4, 0.5) is 0 Å². The highest BCUT2D eigenvalue weighted by Gasteiger charge is 2.30. The van der Waals surface area contributed by atoms with Crippen molar-refractivity contribution in [3.8, 4) is 0 Å². The number of esters is 1. The van der Waals surface area contributed by atoms with Crippen LogP contribution in [-0.4, -0.2) is 74.3 Å². The number of carbonyl (C=O) groups is 2. The quantitative estimate of drug-likeness (QED) is 0.0205. The van der Waals surface area contributed by atoms with Crippen molar-refractivity contribution in [1.82, 2.24) is 5.32 Å². The zero-order chi connectivity index (χ0) is 52.9. The number of hydrogen-bond acceptors (Lipinski definition) is 6. The fraction of sp³-hybridized carbons (Fsp3) is 0.710. The molecule has 10 heteroatoms. The molecule has 0 fully saturated rings. The molecule has 0 bridgehead atoms. The maximum Gasteiger partial charge on any atom is 0.472 e. The van der Waals surface area contributed by atoms with Crippen molar-refractivity contribution in [2.24, 2.45) is 0 Å². The molecule has 0 aromatic rings. The fourth-order valence-corrected chi connectivity index (χ4v) is 8.50. The number of unbranched alkanes of at least 4 members (excludes halogenated alkanes) is 21. The van der Waals surface area contributed by atoms with E-state index in [1.807, 2.05) is 33.3 Å². The van der Waals surface area contributed by atoms with Crippen molar-refractivity contribution in [2.45, 2.75) is 245 Å². The number of quaternary nitrogens is 1. The van der Waals surface area contributed by atoms with E-state index in [1.165, 1.54) is 96.3 Å². The van der Waals surface area contributed by atoms with Gasteiger partial charge in [0, 0.05) is 12.8 Å². The number of phosphoric ester groups is 1. The van der Waals surface area contributed by atoms with Crippen molar-refractivity contribution in [2.75, 3.05) is 40.9 Å². The number of amides is 1. The van der Waals surface area contributed by atoms with Crippen LogP contribution in [0.5, 0.6) is 0 Å². The molecule has 0 aromatic heterocycles. The average molecular weight is 1030 g/mol. The van der Waals surface area contributed by atoms with Crippen LogP contribution >= 0.6 is 7.82 Å². The predicted molar refractivity (Wildman–Crippen MR) is 309 cm³/mol. The molecule has 9 nitrogen and oxygen atoms in total. The maximum atomic E-state index is 13.5. The molecule has 0 saturated heterocycles. The van der Waals surface area contributed by atoms with Crippen LogP contribution in [0.2, 0.25) is 0 Å². The first kappa shape index (κ1) is 68.9. The lowest BCUT2D eigenvalue weighted by molar-refractivity contribution is -0.870. The van der Waals surface area contributed by atoms with Gasteiger partial charge in [0.2, 0.25) is 5.91 Å². The number of carbonyl (C=O) groups excluding carboxylic acids is 2. The van der Waals surface area contributed by atoms with Crippen molar-refractivity contribution < 1.29 is 37.3 Å². The van der Waals surface area contributed by atoms with Gasteiger partial charge in [-0.1, -0.05) is 215 Å². The topological polar surface area (TPSA) is 111 Å². The molecule has 0 rings (SSSR count). The Labute approximate surface area is 443 Å². The van der Waals surface area contributed by atoms with E-state index >= 15 is 0 Å². The molecule has 0 aromatic carbocycles. The first-order valence-corrected chi connectivity index (χ1v) is 30.6. The third-order valence-electron chi connectivity index (χ3n) is 12.3. The van der Waals surface area contributed by atoms with E-state index in [0.29, 0.717) is 23.9 Å². The first-order chi connectivity index (χ1) is 34.9. The lowest BCUT2D eigenvalue weighted by atomic mass is 10.0. The molecule has 0 spiro atoms. The molecule has 0 aliphatic heterocycles. The standard InChI is InChI=1S/C62H109N2O7P/c1-7-10-13-16-19-22-25-28-30-32-34-36-39-42-45-48-51-54-61(65)63-59(58-70-72(67,68)69-57-56-64(4,5)6)60(53-50-47-44-41-38-27-24-21-18-15-12-9-3)71-62(66)55-52-49-46-43-40-37-35-33-31-29-26-23-20-17-14-11-8-2/h11,14,19-20,22-23,28-31,35,37,43,46,50,53,59-60H,7-10,12-13,15-18,21,24-27,32-34,36,38-42,44-45,47-49,51-52,54-58H2,1-6H3,(H-,63,65,67,68)/p+1/b14-11-,22-19-,23-20-,30-28-,31-29-,37-35-,46-43-,53-50+. The Morgan fingerprint density at radius 1 is 0.500 bits per heavy atom. The number of nitrogens with one attached hydrogen (secondary N) is 1. The molecule has 3 unspecified atom stereocenters. The second-order valence-electron chi connectivity index (χ2n) is 20.4. The van der Waals surface area contributed by atoms with E-state index in [0.717, 1.165) is 96.3 Å². The van der Waals surface area contributed by atoms with E-state index in [2.05, 4.69) is 111 Å². The minimum Gasteiger partial charge on any atom is -0.456 e. The second-order valence-corrected chi connectivity index (χ2v) is 21.9. The summed E-state index contributed by atoms with van der Waals surface area (Å²) in [5, 5.41) is 3.03. The lowest BCUT2D eigenvalue weighted by Crippen LogP contribution is -2.47. The van der Waals surface area contributed by atoms with Crippen LogP contribution in [0.1, 0.15) is 233 Å². The van der Waals surface area contributed by atoms with Gasteiger partial charge >= 0.3 is 13.8 Å². The van der Waals surface area contributed by atoms with Crippen molar-refractivity contribution in [3.05, 3.63) is 97.2 Å². The van der Waals surface area contributed by atoms with Crippen LogP contribution in [0.25, 0.3) is 0 Å². The predicted octanol–water partition coefficient (Wildman–Crippen LogP) is 17.6. The molecule has 2 N–H and O–H groups in total. The molecule has 414 valence electrons. The normalized spacial score (nSPS) is 14.5. The van der Waals surface area contributed by atoms with Gasteiger partial charge in [-0.05, 0) is 102 Å². The lowest BCUT2D eigenvalue weighted by Gasteiger charge is -2.27. The highest BCUT2D eigenvalue weighted by Crippen LogP contribution is 2.43. The van der Waals surface area contributed by atoms with E-state index in [9.17, 15) is 19.0 Å². The highest BCUT2D eigenvalue weighted by molar-refractivity contribution is 7.47. The third-order valence-corrected chi connectivity index (χ3v) is 13.2. The van der Waals surface area contributed by atoms with Gasteiger partial charge < -0.3 is 19.4 Å². The van der Waals surface area contributed by atoms with Crippen LogP contribution in [-0.2, 0) is 27.9 Å². The average Bonchev–Trinajstić information content (AvgIpc) is 3.34.